The van der Waals surface area contributed by atoms with Gasteiger partial charge in [0.1, 0.15) is 0 Å². The van der Waals surface area contributed by atoms with Gasteiger partial charge in [-0.25, -0.2) is 0 Å². The van der Waals surface area contributed by atoms with E-state index in [0.717, 1.165) is 23.1 Å². The van der Waals surface area contributed by atoms with Crippen molar-refractivity contribution in [2.45, 2.75) is 6.92 Å². The van der Waals surface area contributed by atoms with Crippen molar-refractivity contribution in [1.82, 2.24) is 9.78 Å². The fraction of sp³-hybridized carbons (Fsp3) is 0.286. The molecule has 0 N–H and O–H groups in total. The molecule has 0 aliphatic heterocycles. The third-order valence-electron chi connectivity index (χ3n) is 3.08. The van der Waals surface area contributed by atoms with Crippen LogP contribution in [0.5, 0.6) is 11.5 Å². The second-order valence-corrected chi connectivity index (χ2v) is 4.21. The van der Waals surface area contributed by atoms with Crippen LogP contribution in [0.4, 0.5) is 0 Å². The number of nitrogens with zero attached hydrogens (tertiary/aromatic N) is 2. The Morgan fingerprint density at radius 3 is 2.42 bits per heavy atom. The minimum Gasteiger partial charge on any atom is -0.493 e. The first-order valence-electron chi connectivity index (χ1n) is 5.82. The van der Waals surface area contributed by atoms with E-state index in [9.17, 15) is 4.79 Å². The third-order valence-corrected chi connectivity index (χ3v) is 3.08. The second-order valence-electron chi connectivity index (χ2n) is 4.21. The summed E-state index contributed by atoms with van der Waals surface area (Å²) in [5.74, 6) is 1.29. The van der Waals surface area contributed by atoms with E-state index >= 15 is 0 Å². The Hall–Kier alpha value is -2.30. The van der Waals surface area contributed by atoms with Crippen LogP contribution in [0.2, 0.25) is 0 Å². The number of rotatable bonds is 4. The lowest BCUT2D eigenvalue weighted by Crippen LogP contribution is -1.99. The summed E-state index contributed by atoms with van der Waals surface area (Å²) in [4.78, 5) is 11.1. The van der Waals surface area contributed by atoms with Crippen LogP contribution in [0.15, 0.2) is 18.3 Å². The topological polar surface area (TPSA) is 53.3 Å². The normalized spacial score (nSPS) is 10.3. The van der Waals surface area contributed by atoms with Gasteiger partial charge in [0.2, 0.25) is 0 Å². The summed E-state index contributed by atoms with van der Waals surface area (Å²) in [5.41, 5.74) is 3.22. The quantitative estimate of drug-likeness (QED) is 0.791. The van der Waals surface area contributed by atoms with Gasteiger partial charge in [-0.2, -0.15) is 5.10 Å². The average molecular weight is 260 g/mol. The van der Waals surface area contributed by atoms with Gasteiger partial charge in [0.25, 0.3) is 0 Å². The molecule has 0 atom stereocenters. The molecule has 1 aromatic heterocycles. The molecular weight excluding hydrogens is 244 g/mol. The van der Waals surface area contributed by atoms with E-state index < -0.39 is 0 Å². The molecule has 0 unspecified atom stereocenters. The molecule has 2 rings (SSSR count). The highest BCUT2D eigenvalue weighted by Crippen LogP contribution is 2.36. The second kappa shape index (κ2) is 5.14. The summed E-state index contributed by atoms with van der Waals surface area (Å²) >= 11 is 0. The Morgan fingerprint density at radius 1 is 1.21 bits per heavy atom. The lowest BCUT2D eigenvalue weighted by atomic mass is 10.0. The zero-order valence-corrected chi connectivity index (χ0v) is 11.4. The fourth-order valence-corrected chi connectivity index (χ4v) is 2.11. The zero-order valence-electron chi connectivity index (χ0n) is 11.4. The zero-order chi connectivity index (χ0) is 14.0. The van der Waals surface area contributed by atoms with E-state index in [1.165, 1.54) is 0 Å². The number of hydrogen-bond donors (Lipinski definition) is 0. The Kier molecular flexibility index (Phi) is 3.55. The SMILES string of the molecule is COc1cc(C)c(-c2c(C=O)cnn2C)cc1OC. The Morgan fingerprint density at radius 2 is 1.84 bits per heavy atom. The number of aldehydes is 1. The van der Waals surface area contributed by atoms with Gasteiger partial charge in [-0.05, 0) is 24.6 Å². The molecule has 0 saturated heterocycles. The standard InChI is InChI=1S/C14H16N2O3/c1-9-5-12(18-3)13(19-4)6-11(9)14-10(8-17)7-15-16(14)2/h5-8H,1-4H3. The van der Waals surface area contributed by atoms with E-state index in [2.05, 4.69) is 5.10 Å². The largest absolute Gasteiger partial charge is 0.493 e. The summed E-state index contributed by atoms with van der Waals surface area (Å²) in [6.07, 6.45) is 2.36. The first-order chi connectivity index (χ1) is 9.12. The van der Waals surface area contributed by atoms with E-state index in [1.807, 2.05) is 19.1 Å². The van der Waals surface area contributed by atoms with Crippen LogP contribution < -0.4 is 9.47 Å². The summed E-state index contributed by atoms with van der Waals surface area (Å²) < 4.78 is 12.2. The molecule has 1 aromatic carbocycles. The van der Waals surface area contributed by atoms with Crippen molar-refractivity contribution in [1.29, 1.82) is 0 Å². The molecule has 19 heavy (non-hydrogen) atoms. The molecule has 0 spiro atoms. The van der Waals surface area contributed by atoms with Crippen molar-refractivity contribution < 1.29 is 14.3 Å². The summed E-state index contributed by atoms with van der Waals surface area (Å²) in [5, 5.41) is 4.12. The number of carbonyl (C=O) groups excluding carboxylic acids is 1. The Labute approximate surface area is 111 Å². The van der Waals surface area contributed by atoms with Gasteiger partial charge in [-0.15, -0.1) is 0 Å². The molecule has 0 amide bonds. The lowest BCUT2D eigenvalue weighted by molar-refractivity contribution is 0.112. The predicted octanol–water partition coefficient (Wildman–Crippen LogP) is 2.23. The fourth-order valence-electron chi connectivity index (χ4n) is 2.11. The number of ether oxygens (including phenoxy) is 2. The molecule has 0 bridgehead atoms. The van der Waals surface area contributed by atoms with Crippen LogP contribution in [-0.4, -0.2) is 30.3 Å². The molecule has 0 aliphatic carbocycles. The molecule has 0 aliphatic rings. The molecule has 1 heterocycles. The molecule has 5 nitrogen and oxygen atoms in total. The molecule has 0 saturated carbocycles. The molecule has 100 valence electrons. The van der Waals surface area contributed by atoms with Gasteiger partial charge in [0.05, 0.1) is 31.7 Å². The van der Waals surface area contributed by atoms with Crippen molar-refractivity contribution >= 4 is 6.29 Å². The molecule has 2 aromatic rings. The molecular formula is C14H16N2O3. The van der Waals surface area contributed by atoms with Crippen molar-refractivity contribution in [3.8, 4) is 22.8 Å². The van der Waals surface area contributed by atoms with E-state index in [1.54, 1.807) is 32.1 Å². The monoisotopic (exact) mass is 260 g/mol. The highest BCUT2D eigenvalue weighted by molar-refractivity contribution is 5.87. The minimum atomic E-state index is 0.554. The van der Waals surface area contributed by atoms with Gasteiger partial charge < -0.3 is 9.47 Å². The number of aromatic nitrogens is 2. The smallest absolute Gasteiger partial charge is 0.161 e. The van der Waals surface area contributed by atoms with Crippen molar-refractivity contribution in [3.63, 3.8) is 0 Å². The van der Waals surface area contributed by atoms with Gasteiger partial charge >= 0.3 is 0 Å². The van der Waals surface area contributed by atoms with Crippen LogP contribution in [0, 0.1) is 6.92 Å². The van der Waals surface area contributed by atoms with Gasteiger partial charge in [-0.3, -0.25) is 9.48 Å². The maximum Gasteiger partial charge on any atom is 0.161 e. The van der Waals surface area contributed by atoms with Crippen molar-refractivity contribution in [2.75, 3.05) is 14.2 Å². The van der Waals surface area contributed by atoms with Crippen molar-refractivity contribution in [2.24, 2.45) is 7.05 Å². The number of methoxy groups -OCH3 is 2. The van der Waals surface area contributed by atoms with Gasteiger partial charge in [-0.1, -0.05) is 0 Å². The molecule has 0 fully saturated rings. The summed E-state index contributed by atoms with van der Waals surface area (Å²) in [7, 11) is 4.98. The van der Waals surface area contributed by atoms with E-state index in [-0.39, 0.29) is 0 Å². The van der Waals surface area contributed by atoms with Gasteiger partial charge in [0, 0.05) is 12.6 Å². The molecule has 5 heteroatoms. The summed E-state index contributed by atoms with van der Waals surface area (Å²) in [6, 6.07) is 3.74. The third kappa shape index (κ3) is 2.19. The number of benzene rings is 1. The van der Waals surface area contributed by atoms with Crippen LogP contribution in [-0.2, 0) is 7.05 Å². The van der Waals surface area contributed by atoms with Crippen LogP contribution in [0.3, 0.4) is 0 Å². The Balaban J connectivity index is 2.68. The van der Waals surface area contributed by atoms with E-state index in [4.69, 9.17) is 9.47 Å². The van der Waals surface area contributed by atoms with Crippen molar-refractivity contribution in [3.05, 3.63) is 29.5 Å². The van der Waals surface area contributed by atoms with E-state index in [0.29, 0.717) is 17.1 Å². The minimum absolute atomic E-state index is 0.554. The lowest BCUT2D eigenvalue weighted by Gasteiger charge is -2.13. The molecule has 0 radical (unpaired) electrons. The average Bonchev–Trinajstić information content (AvgIpc) is 2.79. The van der Waals surface area contributed by atoms with Crippen LogP contribution in [0.1, 0.15) is 15.9 Å². The van der Waals surface area contributed by atoms with Crippen LogP contribution >= 0.6 is 0 Å². The Bertz CT molecular complexity index is 617. The highest BCUT2D eigenvalue weighted by atomic mass is 16.5. The highest BCUT2D eigenvalue weighted by Gasteiger charge is 2.16. The number of aryl methyl sites for hydroxylation is 2. The number of carbonyl (C=O) groups is 1. The van der Waals surface area contributed by atoms with Gasteiger partial charge in [0.15, 0.2) is 17.8 Å². The maximum absolute atomic E-state index is 11.1. The number of hydrogen-bond acceptors (Lipinski definition) is 4. The first kappa shape index (κ1) is 13.1. The maximum atomic E-state index is 11.1. The first-order valence-corrected chi connectivity index (χ1v) is 5.82. The van der Waals surface area contributed by atoms with Crippen LogP contribution in [0.25, 0.3) is 11.3 Å². The summed E-state index contributed by atoms with van der Waals surface area (Å²) in [6.45, 7) is 1.96. The predicted molar refractivity (Wildman–Crippen MR) is 71.9 cm³/mol.